The quantitative estimate of drug-likeness (QED) is 0.00678. The maximum atomic E-state index is 13.8. The number of carbonyl (C=O) groups is 5. The number of carbonyl (C=O) groups excluding carboxylic acids is 3. The number of rotatable bonds is 51. The molecule has 4 saturated heterocycles. The second-order valence-electron chi connectivity index (χ2n) is 35.4. The minimum atomic E-state index is -1.18. The summed E-state index contributed by atoms with van der Waals surface area (Å²) in [6, 6.07) is 49.9. The molecule has 6 N–H and O–H groups in total. The van der Waals surface area contributed by atoms with E-state index in [1.165, 1.54) is 50.5 Å². The largest absolute Gasteiger partial charge is 0.497 e. The molecular weight excluding hydrogens is 1880 g/mol. The average Bonchev–Trinajstić information content (AvgIpc) is 0.838. The fraction of sp³-hybridized carbons (Fsp3) is 0.431. The van der Waals surface area contributed by atoms with Crippen LogP contribution in [0, 0.1) is 0 Å². The molecule has 3 aromatic heterocycles. The molecule has 0 aliphatic carbocycles. The van der Waals surface area contributed by atoms with Crippen LogP contribution in [0.25, 0.3) is 18.2 Å². The van der Waals surface area contributed by atoms with Crippen molar-refractivity contribution >= 4 is 84.4 Å². The van der Waals surface area contributed by atoms with E-state index in [9.17, 15) is 63.9 Å². The zero-order chi connectivity index (χ0) is 105. The Kier molecular flexibility index (Phi) is 43.4. The highest BCUT2D eigenvalue weighted by atomic mass is 16.7. The number of aliphatic hydroxyl groups excluding tert-OH is 4. The van der Waals surface area contributed by atoms with E-state index in [-0.39, 0.29) is 74.9 Å². The molecule has 0 unspecified atom stereocenters. The lowest BCUT2D eigenvalue weighted by Crippen LogP contribution is -2.38. The normalized spacial score (nSPS) is 18.5. The smallest absolute Gasteiger partial charge is 0.356 e. The van der Waals surface area contributed by atoms with Gasteiger partial charge in [-0.2, -0.15) is 15.0 Å². The van der Waals surface area contributed by atoms with E-state index < -0.39 is 113 Å². The predicted octanol–water partition coefficient (Wildman–Crippen LogP) is 14.2. The topological polar surface area (TPSA) is 454 Å². The van der Waals surface area contributed by atoms with Crippen LogP contribution in [0.3, 0.4) is 0 Å². The Bertz CT molecular complexity index is 5950. The third-order valence-electron chi connectivity index (χ3n) is 25.1. The van der Waals surface area contributed by atoms with Crippen molar-refractivity contribution in [3.05, 3.63) is 276 Å². The Balaban J connectivity index is 0.000000219. The van der Waals surface area contributed by atoms with Gasteiger partial charge in [-0.3, -0.25) is 23.3 Å². The molecule has 4 fully saturated rings. The van der Waals surface area contributed by atoms with Crippen LogP contribution in [0.15, 0.2) is 224 Å². The van der Waals surface area contributed by atoms with Crippen LogP contribution in [-0.4, -0.2) is 252 Å². The number of aliphatic carboxylic acids is 2. The molecule has 37 nitrogen and oxygen atoms in total. The molecule has 4 aliphatic rings. The Labute approximate surface area is 849 Å². The third kappa shape index (κ3) is 30.3. The molecule has 37 heteroatoms. The van der Waals surface area contributed by atoms with Gasteiger partial charge in [0.05, 0.1) is 85.6 Å². The summed E-state index contributed by atoms with van der Waals surface area (Å²) >= 11 is 0. The zero-order valence-corrected chi connectivity index (χ0v) is 84.4. The number of nitrogens with zero attached hydrogens (tertiary/aromatic N) is 13. The van der Waals surface area contributed by atoms with Gasteiger partial charge < -0.3 is 92.8 Å². The van der Waals surface area contributed by atoms with Gasteiger partial charge in [-0.15, -0.1) is 5.06 Å². The summed E-state index contributed by atoms with van der Waals surface area (Å²) in [7, 11) is 6.42. The number of aromatic nitrogens is 6. The van der Waals surface area contributed by atoms with Gasteiger partial charge >= 0.3 is 35.0 Å². The molecule has 0 spiro atoms. The van der Waals surface area contributed by atoms with E-state index in [4.69, 9.17) is 52.6 Å². The predicted molar refractivity (Wildman–Crippen MR) is 551 cm³/mol. The lowest BCUT2D eigenvalue weighted by Gasteiger charge is -2.37. The minimum absolute atomic E-state index is 0.0217. The van der Waals surface area contributed by atoms with E-state index in [0.717, 1.165) is 168 Å². The van der Waals surface area contributed by atoms with Crippen molar-refractivity contribution in [1.29, 1.82) is 0 Å². The number of hydroxylamine groups is 2. The van der Waals surface area contributed by atoms with Gasteiger partial charge in [0.1, 0.15) is 71.2 Å². The Morgan fingerprint density at radius 3 is 0.925 bits per heavy atom. The fourth-order valence-corrected chi connectivity index (χ4v) is 16.9. The molecule has 780 valence electrons. The van der Waals surface area contributed by atoms with Crippen molar-refractivity contribution in [2.24, 2.45) is 15.0 Å². The molecule has 13 rings (SSSR count). The molecule has 0 saturated carbocycles. The molecule has 9 atom stereocenters. The number of hydrogen-bond acceptors (Lipinski definition) is 28. The number of amides is 2. The Hall–Kier alpha value is -14.0. The van der Waals surface area contributed by atoms with Crippen molar-refractivity contribution < 1.29 is 102 Å². The van der Waals surface area contributed by atoms with E-state index in [1.54, 1.807) is 47.5 Å². The lowest BCUT2D eigenvalue weighted by molar-refractivity contribution is -0.193. The maximum absolute atomic E-state index is 13.8. The van der Waals surface area contributed by atoms with E-state index >= 15 is 0 Å². The van der Waals surface area contributed by atoms with E-state index in [0.29, 0.717) is 39.2 Å². The summed E-state index contributed by atoms with van der Waals surface area (Å²) in [6.45, 7) is 16.9. The molecule has 4 aliphatic heterocycles. The van der Waals surface area contributed by atoms with Gasteiger partial charge in [0.2, 0.25) is 0 Å². The number of hydrogen-bond donors (Lipinski definition) is 6. The van der Waals surface area contributed by atoms with Crippen molar-refractivity contribution in [1.82, 2.24) is 48.4 Å². The van der Waals surface area contributed by atoms with Gasteiger partial charge in [-0.25, -0.2) is 43.7 Å². The second-order valence-corrected chi connectivity index (χ2v) is 35.4. The Morgan fingerprint density at radius 2 is 0.664 bits per heavy atom. The fourth-order valence-electron chi connectivity index (χ4n) is 16.9. The van der Waals surface area contributed by atoms with Gasteiger partial charge in [-0.05, 0) is 139 Å². The molecule has 146 heavy (non-hydrogen) atoms. The highest BCUT2D eigenvalue weighted by Gasteiger charge is 2.46. The average molecular weight is 2010 g/mol. The first-order valence-corrected chi connectivity index (χ1v) is 49.6. The number of methoxy groups -OCH3 is 4. The molecule has 0 radical (unpaired) electrons. The number of aliphatic hydroxyl groups is 4. The van der Waals surface area contributed by atoms with E-state index in [1.807, 2.05) is 158 Å². The van der Waals surface area contributed by atoms with Crippen LogP contribution in [0.4, 0.5) is 17.5 Å². The van der Waals surface area contributed by atoms with Crippen molar-refractivity contribution in [2.45, 2.75) is 217 Å². The Morgan fingerprint density at radius 1 is 0.397 bits per heavy atom. The summed E-state index contributed by atoms with van der Waals surface area (Å²) in [4.78, 5) is 137. The zero-order valence-electron chi connectivity index (χ0n) is 84.4. The SMILES string of the molecule is CCCCN(C=Nc1nc(=O)n([C@H]2C[C@@H](O)[C@@H](CO)O2)cc1/C=C/C(=O)O)CCCC.CCCCN(C=Nc1nc(=O)n([C@H]2C[C@@H](O)[C@@H](COC(c3ccccc3)(c3ccc(OC)cc3)c3ccc(OC)cc3)O2)cc1/C=C/C(=O)O)CCCC.CCCCN(C=Nc1nc(=O)n([C@H]2C[C@@H](O)[C@@H](COC(c3ccccc3)(c3ccc(OC)cc3)c3ccc(OC)cc3)O2)cc1/C=C/C(=O)ON1C(=O)CCC1=O)CCCC. The van der Waals surface area contributed by atoms with Crippen LogP contribution in [-0.2, 0) is 63.7 Å². The number of aliphatic imine (C=N–C) groups is 3. The number of benzene rings is 6. The monoisotopic (exact) mass is 2010 g/mol. The first-order chi connectivity index (χ1) is 70.7. The number of carboxylic acid groups (broad SMARTS) is 2. The third-order valence-corrected chi connectivity index (χ3v) is 25.1. The van der Waals surface area contributed by atoms with Gasteiger partial charge in [-0.1, -0.05) is 189 Å². The maximum Gasteiger partial charge on any atom is 0.356 e. The van der Waals surface area contributed by atoms with Crippen LogP contribution in [0.1, 0.15) is 219 Å². The molecule has 6 aromatic carbocycles. The van der Waals surface area contributed by atoms with Gasteiger partial charge in [0.25, 0.3) is 11.8 Å². The standard InChI is InChI=1S/C46H53N5O10.C42H50N4O8.C21H32N4O6/c1-5-7-26-49(27-8-6-2)31-47-44-32(14-25-43(55)61-51-40(53)23-24-41(51)54)29-50(45(56)48-44)42-28-38(52)39(60-42)30-59-46(33-12-10-9-11-13-33,34-15-19-36(57-3)20-16-34)35-17-21-37(58-4)22-18-35;1-5-7-24-45(25-8-6-2)29-43-40-30(14-23-39(48)49)27-46(41(50)44-40)38-26-36(47)37(54-38)28-53-42(31-12-10-9-11-13-31,32-15-19-34(51-3)20-16-32)33-17-21-35(52-4)22-18-33;1-3-5-9-24(10-6-4-2)14-22-20-15(7-8-19(28)29)12-25(21(30)23-20)18-11-16(27)17(13-26)31-18/h9-22,25,29,31,38-39,42,52H,5-8,23-24,26-28,30H2,1-4H3;9-23,27,29,36-38,47H,5-8,24-26,28H2,1-4H3,(H,48,49);7-8,12,14,16-18,26-27H,3-6,9-11,13H2,1-2H3,(H,28,29)/b25-14+,47-31?;23-14+,43-29?;8-7+,22-14?/t38-,39-,42-;36-,37-,38-;16-,17-,18-/m111/s1. The second kappa shape index (κ2) is 56.5. The first kappa shape index (κ1) is 112. The molecular formula is C109H135N13O24. The summed E-state index contributed by atoms with van der Waals surface area (Å²) in [5.74, 6) is -1.58. The number of carboxylic acids is 2. The number of imide groups is 1. The van der Waals surface area contributed by atoms with Crippen LogP contribution < -0.4 is 36.0 Å². The lowest BCUT2D eigenvalue weighted by atomic mass is 9.80. The molecule has 2 amide bonds. The minimum Gasteiger partial charge on any atom is -0.497 e. The van der Waals surface area contributed by atoms with Crippen LogP contribution in [0.5, 0.6) is 23.0 Å². The number of unbranched alkanes of at least 4 members (excludes halogenated alkanes) is 6. The summed E-state index contributed by atoms with van der Waals surface area (Å²) in [6.07, 6.45) is 20.1. The van der Waals surface area contributed by atoms with E-state index in [2.05, 4.69) is 86.2 Å². The molecule has 9 aromatic rings. The molecule has 7 heterocycles. The summed E-state index contributed by atoms with van der Waals surface area (Å²) < 4.78 is 57.7. The van der Waals surface area contributed by atoms with Gasteiger partial charge in [0, 0.05) is 125 Å². The highest BCUT2D eigenvalue weighted by molar-refractivity contribution is 6.02. The number of ether oxygens (including phenoxy) is 9. The first-order valence-electron chi connectivity index (χ1n) is 49.6. The van der Waals surface area contributed by atoms with Crippen molar-refractivity contribution in [3.8, 4) is 23.0 Å². The summed E-state index contributed by atoms with van der Waals surface area (Å²) in [5, 5.41) is 60.9. The van der Waals surface area contributed by atoms with Crippen molar-refractivity contribution in [3.63, 3.8) is 0 Å². The van der Waals surface area contributed by atoms with Crippen LogP contribution in [0.2, 0.25) is 0 Å². The highest BCUT2D eigenvalue weighted by Crippen LogP contribution is 2.46. The van der Waals surface area contributed by atoms with Gasteiger partial charge in [0.15, 0.2) is 17.5 Å². The van der Waals surface area contributed by atoms with Crippen LogP contribution >= 0.6 is 0 Å². The molecule has 0 bridgehead atoms. The van der Waals surface area contributed by atoms with Crippen molar-refractivity contribution in [2.75, 3.05) is 87.5 Å². The summed E-state index contributed by atoms with van der Waals surface area (Å²) in [5.41, 5.74) is 1.49.